The van der Waals surface area contributed by atoms with Crippen LogP contribution in [0.15, 0.2) is 34.4 Å². The van der Waals surface area contributed by atoms with Gasteiger partial charge in [0.2, 0.25) is 0 Å². The smallest absolute Gasteiger partial charge is 0.272 e. The van der Waals surface area contributed by atoms with Gasteiger partial charge in [0.1, 0.15) is 5.69 Å². The predicted octanol–water partition coefficient (Wildman–Crippen LogP) is 1.96. The molecule has 0 spiro atoms. The minimum atomic E-state index is -0.324. The maximum Gasteiger partial charge on any atom is 0.272 e. The summed E-state index contributed by atoms with van der Waals surface area (Å²) in [4.78, 5) is 24.1. The molecule has 2 heterocycles. The minimum absolute atomic E-state index is 0.0544. The molecule has 2 aromatic rings. The van der Waals surface area contributed by atoms with E-state index in [1.807, 2.05) is 31.4 Å². The number of aromatic nitrogens is 2. The van der Waals surface area contributed by atoms with Gasteiger partial charge in [0.15, 0.2) is 0 Å². The van der Waals surface area contributed by atoms with Crippen molar-refractivity contribution in [1.82, 2.24) is 15.5 Å². The highest BCUT2D eigenvalue weighted by molar-refractivity contribution is 7.10. The molecule has 2 rings (SSSR count). The summed E-state index contributed by atoms with van der Waals surface area (Å²) in [7, 11) is 0. The Hall–Kier alpha value is -1.95. The Kier molecular flexibility index (Phi) is 4.11. The van der Waals surface area contributed by atoms with Crippen LogP contribution in [0.1, 0.15) is 35.3 Å². The molecule has 2 N–H and O–H groups in total. The molecule has 2 aromatic heterocycles. The second-order valence-corrected chi connectivity index (χ2v) is 5.50. The molecule has 0 bridgehead atoms. The Labute approximate surface area is 114 Å². The average Bonchev–Trinajstić information content (AvgIpc) is 2.89. The fourth-order valence-corrected chi connectivity index (χ4v) is 2.67. The summed E-state index contributed by atoms with van der Waals surface area (Å²) in [5.41, 5.74) is -0.114. The van der Waals surface area contributed by atoms with Gasteiger partial charge in [0.25, 0.3) is 11.5 Å². The molecule has 0 aromatic carbocycles. The van der Waals surface area contributed by atoms with Crippen molar-refractivity contribution in [2.75, 3.05) is 0 Å². The zero-order valence-corrected chi connectivity index (χ0v) is 11.5. The summed E-state index contributed by atoms with van der Waals surface area (Å²) in [6.07, 6.45) is 0. The van der Waals surface area contributed by atoms with Crippen molar-refractivity contribution in [3.05, 3.63) is 50.6 Å². The van der Waals surface area contributed by atoms with E-state index in [0.29, 0.717) is 0 Å². The third-order valence-electron chi connectivity index (χ3n) is 2.71. The lowest BCUT2D eigenvalue weighted by atomic mass is 10.0. The molecule has 0 aliphatic heterocycles. The number of nitrogens with one attached hydrogen (secondary N) is 2. The number of thiophene rings is 1. The van der Waals surface area contributed by atoms with Crippen LogP contribution in [-0.2, 0) is 0 Å². The van der Waals surface area contributed by atoms with Crippen LogP contribution >= 0.6 is 11.3 Å². The first kappa shape index (κ1) is 13.5. The molecule has 0 aliphatic carbocycles. The summed E-state index contributed by atoms with van der Waals surface area (Å²) in [5.74, 6) is -0.0197. The summed E-state index contributed by atoms with van der Waals surface area (Å²) in [6.45, 7) is 4.09. The van der Waals surface area contributed by atoms with Gasteiger partial charge in [-0.05, 0) is 23.4 Å². The van der Waals surface area contributed by atoms with Crippen LogP contribution in [0, 0.1) is 5.92 Å². The van der Waals surface area contributed by atoms with Crippen LogP contribution in [-0.4, -0.2) is 16.1 Å². The normalized spacial score (nSPS) is 12.4. The first-order chi connectivity index (χ1) is 9.08. The van der Waals surface area contributed by atoms with Crippen LogP contribution in [0.4, 0.5) is 0 Å². The fourth-order valence-electron chi connectivity index (χ4n) is 1.72. The maximum atomic E-state index is 12.1. The van der Waals surface area contributed by atoms with Gasteiger partial charge in [-0.3, -0.25) is 9.59 Å². The maximum absolute atomic E-state index is 12.1. The lowest BCUT2D eigenvalue weighted by Gasteiger charge is -2.20. The molecule has 1 amide bonds. The Morgan fingerprint density at radius 1 is 1.37 bits per heavy atom. The van der Waals surface area contributed by atoms with Gasteiger partial charge < -0.3 is 5.32 Å². The van der Waals surface area contributed by atoms with E-state index in [1.54, 1.807) is 11.3 Å². The van der Waals surface area contributed by atoms with E-state index in [2.05, 4.69) is 15.5 Å². The Morgan fingerprint density at radius 2 is 2.16 bits per heavy atom. The second-order valence-electron chi connectivity index (χ2n) is 4.52. The molecule has 19 heavy (non-hydrogen) atoms. The van der Waals surface area contributed by atoms with Crippen molar-refractivity contribution in [3.63, 3.8) is 0 Å². The van der Waals surface area contributed by atoms with Crippen molar-refractivity contribution in [2.24, 2.45) is 5.92 Å². The molecule has 0 saturated carbocycles. The molecular formula is C13H15N3O2S. The van der Waals surface area contributed by atoms with E-state index in [9.17, 15) is 9.59 Å². The van der Waals surface area contributed by atoms with Gasteiger partial charge in [0.05, 0.1) is 6.04 Å². The first-order valence-corrected chi connectivity index (χ1v) is 6.86. The number of carbonyl (C=O) groups is 1. The minimum Gasteiger partial charge on any atom is -0.343 e. The number of rotatable bonds is 4. The average molecular weight is 277 g/mol. The fraction of sp³-hybridized carbons (Fsp3) is 0.308. The van der Waals surface area contributed by atoms with Gasteiger partial charge in [-0.25, -0.2) is 5.10 Å². The van der Waals surface area contributed by atoms with Crippen molar-refractivity contribution in [2.45, 2.75) is 19.9 Å². The topological polar surface area (TPSA) is 74.8 Å². The lowest BCUT2D eigenvalue weighted by Crippen LogP contribution is -2.32. The van der Waals surface area contributed by atoms with Crippen molar-refractivity contribution < 1.29 is 4.79 Å². The number of hydrogen-bond acceptors (Lipinski definition) is 4. The van der Waals surface area contributed by atoms with E-state index in [0.717, 1.165) is 4.88 Å². The van der Waals surface area contributed by atoms with E-state index in [-0.39, 0.29) is 29.1 Å². The van der Waals surface area contributed by atoms with Gasteiger partial charge >= 0.3 is 0 Å². The second kappa shape index (κ2) is 5.79. The first-order valence-electron chi connectivity index (χ1n) is 5.98. The molecule has 1 atom stereocenters. The van der Waals surface area contributed by atoms with E-state index >= 15 is 0 Å². The highest BCUT2D eigenvalue weighted by atomic mass is 32.1. The van der Waals surface area contributed by atoms with Gasteiger partial charge in [-0.15, -0.1) is 11.3 Å². The molecule has 0 aliphatic rings. The van der Waals surface area contributed by atoms with Crippen molar-refractivity contribution >= 4 is 17.2 Å². The Morgan fingerprint density at radius 3 is 2.68 bits per heavy atom. The van der Waals surface area contributed by atoms with Gasteiger partial charge in [-0.1, -0.05) is 19.9 Å². The van der Waals surface area contributed by atoms with E-state index < -0.39 is 0 Å². The van der Waals surface area contributed by atoms with Crippen LogP contribution in [0.2, 0.25) is 0 Å². The van der Waals surface area contributed by atoms with E-state index in [4.69, 9.17) is 0 Å². The highest BCUT2D eigenvalue weighted by Crippen LogP contribution is 2.25. The summed E-state index contributed by atoms with van der Waals surface area (Å²) < 4.78 is 0. The summed E-state index contributed by atoms with van der Waals surface area (Å²) >= 11 is 1.61. The highest BCUT2D eigenvalue weighted by Gasteiger charge is 2.20. The van der Waals surface area contributed by atoms with E-state index in [1.165, 1.54) is 12.1 Å². The zero-order chi connectivity index (χ0) is 13.8. The molecule has 0 radical (unpaired) electrons. The molecule has 100 valence electrons. The number of carbonyl (C=O) groups excluding carboxylic acids is 1. The third kappa shape index (κ3) is 3.29. The molecule has 5 nitrogen and oxygen atoms in total. The van der Waals surface area contributed by atoms with Crippen LogP contribution in [0.25, 0.3) is 0 Å². The Bertz CT molecular complexity index is 584. The SMILES string of the molecule is CC(C)C(NC(=O)c1ccc(=O)[nH]n1)c1cccs1. The number of hydrogen-bond donors (Lipinski definition) is 2. The third-order valence-corrected chi connectivity index (χ3v) is 3.67. The molecular weight excluding hydrogens is 262 g/mol. The van der Waals surface area contributed by atoms with Crippen molar-refractivity contribution in [1.29, 1.82) is 0 Å². The largest absolute Gasteiger partial charge is 0.343 e. The van der Waals surface area contributed by atoms with Crippen LogP contribution in [0.3, 0.4) is 0 Å². The van der Waals surface area contributed by atoms with Gasteiger partial charge in [-0.2, -0.15) is 5.10 Å². The lowest BCUT2D eigenvalue weighted by molar-refractivity contribution is 0.0920. The van der Waals surface area contributed by atoms with Crippen LogP contribution < -0.4 is 10.9 Å². The number of H-pyrrole nitrogens is 1. The standard InChI is InChI=1S/C13H15N3O2S/c1-8(2)12(10-4-3-7-19-10)14-13(18)9-5-6-11(17)16-15-9/h3-8,12H,1-2H3,(H,14,18)(H,16,17). The molecule has 1 unspecified atom stereocenters. The van der Waals surface area contributed by atoms with Gasteiger partial charge in [0, 0.05) is 10.9 Å². The molecule has 6 heteroatoms. The Balaban J connectivity index is 2.16. The molecule has 0 fully saturated rings. The zero-order valence-electron chi connectivity index (χ0n) is 10.7. The molecule has 0 saturated heterocycles. The number of nitrogens with zero attached hydrogens (tertiary/aromatic N) is 1. The number of aromatic amines is 1. The number of amides is 1. The summed E-state index contributed by atoms with van der Waals surface area (Å²) in [5, 5.41) is 10.9. The quantitative estimate of drug-likeness (QED) is 0.897. The predicted molar refractivity (Wildman–Crippen MR) is 74.2 cm³/mol. The van der Waals surface area contributed by atoms with Crippen LogP contribution in [0.5, 0.6) is 0 Å². The monoisotopic (exact) mass is 277 g/mol. The van der Waals surface area contributed by atoms with Crippen molar-refractivity contribution in [3.8, 4) is 0 Å². The summed E-state index contributed by atoms with van der Waals surface area (Å²) in [6, 6.07) is 6.61.